The van der Waals surface area contributed by atoms with E-state index >= 15 is 0 Å². The molecule has 0 saturated heterocycles. The van der Waals surface area contributed by atoms with E-state index in [0.717, 1.165) is 24.3 Å². The van der Waals surface area contributed by atoms with Gasteiger partial charge in [-0.05, 0) is 18.2 Å². The number of nitro benzene ring substituents is 1. The molecule has 27 heavy (non-hydrogen) atoms. The minimum atomic E-state index is -4.57. The van der Waals surface area contributed by atoms with Crippen LogP contribution in [0.3, 0.4) is 0 Å². The van der Waals surface area contributed by atoms with E-state index in [1.165, 1.54) is 0 Å². The van der Waals surface area contributed by atoms with Crippen LogP contribution in [-0.2, 0) is 16.2 Å². The number of halogens is 4. The number of hydrogen-bond acceptors (Lipinski definition) is 6. The highest BCUT2D eigenvalue weighted by Gasteiger charge is 2.31. The molecule has 2 aromatic rings. The molecule has 0 amide bonds. The third-order valence-electron chi connectivity index (χ3n) is 3.24. The van der Waals surface area contributed by atoms with Gasteiger partial charge in [-0.3, -0.25) is 10.1 Å². The van der Waals surface area contributed by atoms with Gasteiger partial charge in [-0.1, -0.05) is 11.6 Å². The quantitative estimate of drug-likeness (QED) is 0.401. The van der Waals surface area contributed by atoms with Crippen molar-refractivity contribution >= 4 is 33.1 Å². The maximum Gasteiger partial charge on any atom is 0.417 e. The minimum absolute atomic E-state index is 0.00963. The van der Waals surface area contributed by atoms with Crippen molar-refractivity contribution < 1.29 is 26.5 Å². The van der Waals surface area contributed by atoms with Crippen molar-refractivity contribution in [3.05, 3.63) is 57.2 Å². The van der Waals surface area contributed by atoms with Crippen molar-refractivity contribution in [2.24, 2.45) is 0 Å². The maximum atomic E-state index is 12.5. The Morgan fingerprint density at radius 3 is 2.33 bits per heavy atom. The third-order valence-corrected chi connectivity index (χ3v) is 5.00. The number of nitro groups is 1. The number of pyridine rings is 1. The monoisotopic (exact) mass is 424 g/mol. The van der Waals surface area contributed by atoms with Crippen molar-refractivity contribution in [2.75, 3.05) is 18.4 Å². The largest absolute Gasteiger partial charge is 0.417 e. The lowest BCUT2D eigenvalue weighted by atomic mass is 10.3. The molecule has 0 aliphatic heterocycles. The minimum Gasteiger partial charge on any atom is -0.368 e. The van der Waals surface area contributed by atoms with E-state index in [2.05, 4.69) is 15.0 Å². The van der Waals surface area contributed by atoms with Crippen molar-refractivity contribution in [3.63, 3.8) is 0 Å². The lowest BCUT2D eigenvalue weighted by Gasteiger charge is -2.11. The summed E-state index contributed by atoms with van der Waals surface area (Å²) in [5.41, 5.74) is -1.25. The predicted octanol–water partition coefficient (Wildman–Crippen LogP) is 3.05. The molecular weight excluding hydrogens is 413 g/mol. The van der Waals surface area contributed by atoms with E-state index < -0.39 is 26.7 Å². The average Bonchev–Trinajstić information content (AvgIpc) is 2.59. The molecule has 2 rings (SSSR count). The Morgan fingerprint density at radius 1 is 1.19 bits per heavy atom. The normalized spacial score (nSPS) is 12.0. The van der Waals surface area contributed by atoms with Gasteiger partial charge in [0.05, 0.1) is 20.4 Å². The highest BCUT2D eigenvalue weighted by atomic mass is 35.5. The van der Waals surface area contributed by atoms with Crippen LogP contribution in [0, 0.1) is 10.1 Å². The van der Waals surface area contributed by atoms with E-state index in [4.69, 9.17) is 11.6 Å². The number of rotatable bonds is 7. The van der Waals surface area contributed by atoms with Crippen LogP contribution in [0.1, 0.15) is 5.56 Å². The van der Waals surface area contributed by atoms with E-state index in [1.807, 2.05) is 0 Å². The van der Waals surface area contributed by atoms with Crippen LogP contribution < -0.4 is 10.0 Å². The Hall–Kier alpha value is -2.44. The number of nitrogens with zero attached hydrogens (tertiary/aromatic N) is 2. The van der Waals surface area contributed by atoms with E-state index in [0.29, 0.717) is 12.3 Å². The standard InChI is InChI=1S/C14H12ClF3N4O4S/c15-12-7-9(14(16,17)18)8-20-13(12)19-5-6-21-27(25,26)11-3-1-10(2-4-11)22(23)24/h1-4,7-8,21H,5-6H2,(H,19,20). The van der Waals surface area contributed by atoms with E-state index in [9.17, 15) is 31.7 Å². The Balaban J connectivity index is 1.93. The zero-order valence-corrected chi connectivity index (χ0v) is 14.9. The molecule has 0 unspecified atom stereocenters. The molecule has 13 heteroatoms. The zero-order valence-electron chi connectivity index (χ0n) is 13.3. The van der Waals surface area contributed by atoms with Gasteiger partial charge in [0.2, 0.25) is 10.0 Å². The summed E-state index contributed by atoms with van der Waals surface area (Å²) in [6, 6.07) is 4.99. The maximum absolute atomic E-state index is 12.5. The number of anilines is 1. The Bertz CT molecular complexity index is 936. The van der Waals surface area contributed by atoms with Gasteiger partial charge in [0.1, 0.15) is 5.82 Å². The van der Waals surface area contributed by atoms with Crippen molar-refractivity contribution in [1.29, 1.82) is 0 Å². The number of non-ortho nitro benzene ring substituents is 1. The first-order valence-corrected chi connectivity index (χ1v) is 9.07. The van der Waals surface area contributed by atoms with Gasteiger partial charge in [-0.15, -0.1) is 0 Å². The first kappa shape index (κ1) is 20.9. The summed E-state index contributed by atoms with van der Waals surface area (Å²) in [7, 11) is -3.91. The summed E-state index contributed by atoms with van der Waals surface area (Å²) in [4.78, 5) is 13.3. The fraction of sp³-hybridized carbons (Fsp3) is 0.214. The van der Waals surface area contributed by atoms with Crippen molar-refractivity contribution in [2.45, 2.75) is 11.1 Å². The Labute approximate surface area is 156 Å². The SMILES string of the molecule is O=[N+]([O-])c1ccc(S(=O)(=O)NCCNc2ncc(C(F)(F)F)cc2Cl)cc1. The molecule has 0 aliphatic rings. The van der Waals surface area contributed by atoms with E-state index in [1.54, 1.807) is 0 Å². The second-order valence-electron chi connectivity index (χ2n) is 5.13. The van der Waals surface area contributed by atoms with Gasteiger partial charge in [0.25, 0.3) is 5.69 Å². The fourth-order valence-electron chi connectivity index (χ4n) is 1.92. The molecule has 0 saturated carbocycles. The van der Waals surface area contributed by atoms with Crippen LogP contribution >= 0.6 is 11.6 Å². The second kappa shape index (κ2) is 8.06. The van der Waals surface area contributed by atoms with Gasteiger partial charge >= 0.3 is 6.18 Å². The number of nitrogens with one attached hydrogen (secondary N) is 2. The number of hydrogen-bond donors (Lipinski definition) is 2. The van der Waals surface area contributed by atoms with Crippen LogP contribution in [0.25, 0.3) is 0 Å². The number of benzene rings is 1. The zero-order chi connectivity index (χ0) is 20.2. The molecule has 8 nitrogen and oxygen atoms in total. The smallest absolute Gasteiger partial charge is 0.368 e. The van der Waals surface area contributed by atoms with Crippen LogP contribution in [0.5, 0.6) is 0 Å². The molecule has 0 bridgehead atoms. The number of aromatic nitrogens is 1. The summed E-state index contributed by atoms with van der Waals surface area (Å²) in [6.07, 6.45) is -3.97. The second-order valence-corrected chi connectivity index (χ2v) is 7.30. The van der Waals surface area contributed by atoms with Crippen molar-refractivity contribution in [1.82, 2.24) is 9.71 Å². The lowest BCUT2D eigenvalue weighted by molar-refractivity contribution is -0.384. The summed E-state index contributed by atoms with van der Waals surface area (Å²) >= 11 is 5.72. The number of sulfonamides is 1. The summed E-state index contributed by atoms with van der Waals surface area (Å²) < 4.78 is 64.0. The van der Waals surface area contributed by atoms with Crippen LogP contribution in [-0.4, -0.2) is 31.4 Å². The highest BCUT2D eigenvalue weighted by Crippen LogP contribution is 2.32. The number of alkyl halides is 3. The third kappa shape index (κ3) is 5.52. The molecule has 1 aromatic carbocycles. The first-order chi connectivity index (χ1) is 12.5. The van der Waals surface area contributed by atoms with E-state index in [-0.39, 0.29) is 34.5 Å². The molecule has 0 atom stereocenters. The first-order valence-electron chi connectivity index (χ1n) is 7.21. The molecule has 146 valence electrons. The lowest BCUT2D eigenvalue weighted by Crippen LogP contribution is -2.29. The highest BCUT2D eigenvalue weighted by molar-refractivity contribution is 7.89. The van der Waals surface area contributed by atoms with Gasteiger partial charge in [-0.25, -0.2) is 18.1 Å². The molecule has 0 radical (unpaired) electrons. The van der Waals surface area contributed by atoms with Gasteiger partial charge < -0.3 is 5.32 Å². The average molecular weight is 425 g/mol. The van der Waals surface area contributed by atoms with Gasteiger partial charge in [0, 0.05) is 31.4 Å². The van der Waals surface area contributed by atoms with Gasteiger partial charge in [0.15, 0.2) is 0 Å². The topological polar surface area (TPSA) is 114 Å². The molecule has 0 aliphatic carbocycles. The fourth-order valence-corrected chi connectivity index (χ4v) is 3.18. The molecule has 0 spiro atoms. The molecular formula is C14H12ClF3N4O4S. The summed E-state index contributed by atoms with van der Waals surface area (Å²) in [6.45, 7) is -0.136. The van der Waals surface area contributed by atoms with Crippen LogP contribution in [0.15, 0.2) is 41.4 Å². The van der Waals surface area contributed by atoms with Crippen molar-refractivity contribution in [3.8, 4) is 0 Å². The Kier molecular flexibility index (Phi) is 6.23. The summed E-state index contributed by atoms with van der Waals surface area (Å²) in [5.74, 6) is -0.0285. The molecule has 1 heterocycles. The Morgan fingerprint density at radius 2 is 1.81 bits per heavy atom. The summed E-state index contributed by atoms with van der Waals surface area (Å²) in [5, 5.41) is 12.9. The molecule has 1 aromatic heterocycles. The molecule has 2 N–H and O–H groups in total. The predicted molar refractivity (Wildman–Crippen MR) is 91.0 cm³/mol. The van der Waals surface area contributed by atoms with Crippen LogP contribution in [0.4, 0.5) is 24.7 Å². The van der Waals surface area contributed by atoms with Crippen LogP contribution in [0.2, 0.25) is 5.02 Å². The van der Waals surface area contributed by atoms with Gasteiger partial charge in [-0.2, -0.15) is 13.2 Å². The molecule has 0 fully saturated rings.